The van der Waals surface area contributed by atoms with Crippen molar-refractivity contribution in [3.63, 3.8) is 0 Å². The van der Waals surface area contributed by atoms with Crippen LogP contribution in [0.25, 0.3) is 0 Å². The molecule has 1 N–H and O–H groups in total. The molecule has 2 rings (SSSR count). The van der Waals surface area contributed by atoms with Crippen LogP contribution in [0.15, 0.2) is 53.1 Å². The van der Waals surface area contributed by atoms with Crippen LogP contribution < -0.4 is 5.32 Å². The fraction of sp³-hybridized carbons (Fsp3) is 0.312. The quantitative estimate of drug-likeness (QED) is 0.851. The van der Waals surface area contributed by atoms with E-state index >= 15 is 0 Å². The van der Waals surface area contributed by atoms with E-state index < -0.39 is 5.54 Å². The molecule has 0 aliphatic rings. The Kier molecular flexibility index (Phi) is 4.25. The molecule has 0 spiro atoms. The standard InChI is InChI=1S/C16H19NO3/c1-16(2,15(18)19-3)17-14(13-10-7-11-20-13)12-8-5-4-6-9-12/h4-11,14,17H,1-3H3. The first-order valence-electron chi connectivity index (χ1n) is 6.49. The molecule has 0 saturated carbocycles. The summed E-state index contributed by atoms with van der Waals surface area (Å²) in [6, 6.07) is 13.4. The molecule has 0 aliphatic carbocycles. The summed E-state index contributed by atoms with van der Waals surface area (Å²) >= 11 is 0. The third-order valence-electron chi connectivity index (χ3n) is 3.16. The van der Waals surface area contributed by atoms with Crippen LogP contribution in [0, 0.1) is 0 Å². The first-order chi connectivity index (χ1) is 9.54. The molecule has 1 aromatic carbocycles. The van der Waals surface area contributed by atoms with Crippen molar-refractivity contribution in [2.45, 2.75) is 25.4 Å². The number of carbonyl (C=O) groups excluding carboxylic acids is 1. The van der Waals surface area contributed by atoms with Gasteiger partial charge in [0.05, 0.1) is 19.4 Å². The summed E-state index contributed by atoms with van der Waals surface area (Å²) in [5.41, 5.74) is 0.210. The summed E-state index contributed by atoms with van der Waals surface area (Å²) in [4.78, 5) is 11.9. The molecular formula is C16H19NO3. The summed E-state index contributed by atoms with van der Waals surface area (Å²) in [5.74, 6) is 0.443. The number of carbonyl (C=O) groups is 1. The Labute approximate surface area is 118 Å². The highest BCUT2D eigenvalue weighted by atomic mass is 16.5. The minimum atomic E-state index is -0.817. The van der Waals surface area contributed by atoms with E-state index in [0.717, 1.165) is 11.3 Å². The van der Waals surface area contributed by atoms with Crippen LogP contribution in [-0.2, 0) is 9.53 Å². The van der Waals surface area contributed by atoms with E-state index in [-0.39, 0.29) is 12.0 Å². The van der Waals surface area contributed by atoms with Crippen molar-refractivity contribution < 1.29 is 13.9 Å². The maximum absolute atomic E-state index is 11.9. The van der Waals surface area contributed by atoms with E-state index in [2.05, 4.69) is 5.32 Å². The molecule has 0 saturated heterocycles. The van der Waals surface area contributed by atoms with Gasteiger partial charge in [-0.2, -0.15) is 0 Å². The SMILES string of the molecule is COC(=O)C(C)(C)NC(c1ccccc1)c1ccco1. The number of rotatable bonds is 5. The largest absolute Gasteiger partial charge is 0.468 e. The van der Waals surface area contributed by atoms with Crippen molar-refractivity contribution in [3.05, 3.63) is 60.1 Å². The lowest BCUT2D eigenvalue weighted by Gasteiger charge is -2.28. The second kappa shape index (κ2) is 5.92. The van der Waals surface area contributed by atoms with Gasteiger partial charge in [-0.05, 0) is 31.5 Å². The number of benzene rings is 1. The van der Waals surface area contributed by atoms with Crippen LogP contribution in [-0.4, -0.2) is 18.6 Å². The monoisotopic (exact) mass is 273 g/mol. The first-order valence-corrected chi connectivity index (χ1v) is 6.49. The van der Waals surface area contributed by atoms with Crippen molar-refractivity contribution in [2.75, 3.05) is 7.11 Å². The molecule has 106 valence electrons. The van der Waals surface area contributed by atoms with Crippen molar-refractivity contribution in [3.8, 4) is 0 Å². The van der Waals surface area contributed by atoms with Gasteiger partial charge >= 0.3 is 5.97 Å². The van der Waals surface area contributed by atoms with Crippen LogP contribution in [0.3, 0.4) is 0 Å². The zero-order valence-corrected chi connectivity index (χ0v) is 11.9. The van der Waals surface area contributed by atoms with E-state index in [9.17, 15) is 4.79 Å². The topological polar surface area (TPSA) is 51.5 Å². The van der Waals surface area contributed by atoms with Gasteiger partial charge in [-0.3, -0.25) is 10.1 Å². The molecule has 4 nitrogen and oxygen atoms in total. The Hall–Kier alpha value is -2.07. The number of hydrogen-bond donors (Lipinski definition) is 1. The average Bonchev–Trinajstić information content (AvgIpc) is 2.98. The second-order valence-electron chi connectivity index (χ2n) is 5.12. The number of hydrogen-bond acceptors (Lipinski definition) is 4. The molecule has 1 heterocycles. The molecule has 1 aromatic heterocycles. The van der Waals surface area contributed by atoms with E-state index in [1.807, 2.05) is 42.5 Å². The van der Waals surface area contributed by atoms with E-state index in [1.165, 1.54) is 7.11 Å². The van der Waals surface area contributed by atoms with Gasteiger partial charge in [-0.1, -0.05) is 30.3 Å². The summed E-state index contributed by atoms with van der Waals surface area (Å²) in [6.45, 7) is 3.58. The zero-order chi connectivity index (χ0) is 14.6. The van der Waals surface area contributed by atoms with Gasteiger partial charge in [0, 0.05) is 0 Å². The third kappa shape index (κ3) is 3.08. The smallest absolute Gasteiger partial charge is 0.325 e. The Morgan fingerprint density at radius 1 is 1.20 bits per heavy atom. The highest BCUT2D eigenvalue weighted by Crippen LogP contribution is 2.25. The van der Waals surface area contributed by atoms with Gasteiger partial charge in [0.15, 0.2) is 0 Å². The maximum Gasteiger partial charge on any atom is 0.325 e. The van der Waals surface area contributed by atoms with E-state index in [1.54, 1.807) is 20.1 Å². The molecule has 0 aliphatic heterocycles. The Balaban J connectivity index is 2.32. The van der Waals surface area contributed by atoms with E-state index in [4.69, 9.17) is 9.15 Å². The molecule has 0 bridgehead atoms. The molecule has 2 aromatic rings. The van der Waals surface area contributed by atoms with E-state index in [0.29, 0.717) is 0 Å². The predicted octanol–water partition coefficient (Wildman–Crippen LogP) is 2.91. The molecule has 0 amide bonds. The Morgan fingerprint density at radius 3 is 2.45 bits per heavy atom. The lowest BCUT2D eigenvalue weighted by atomic mass is 9.98. The van der Waals surface area contributed by atoms with Crippen molar-refractivity contribution in [1.29, 1.82) is 0 Å². The lowest BCUT2D eigenvalue weighted by molar-refractivity contribution is -0.147. The molecule has 0 radical (unpaired) electrons. The Bertz CT molecular complexity index is 546. The minimum Gasteiger partial charge on any atom is -0.468 e. The van der Waals surface area contributed by atoms with Crippen molar-refractivity contribution in [1.82, 2.24) is 5.32 Å². The first kappa shape index (κ1) is 14.3. The number of nitrogens with one attached hydrogen (secondary N) is 1. The zero-order valence-electron chi connectivity index (χ0n) is 11.9. The summed E-state index contributed by atoms with van der Waals surface area (Å²) in [6.07, 6.45) is 1.62. The van der Waals surface area contributed by atoms with Crippen LogP contribution in [0.4, 0.5) is 0 Å². The van der Waals surface area contributed by atoms with Gasteiger partial charge in [0.2, 0.25) is 0 Å². The average molecular weight is 273 g/mol. The molecule has 1 atom stereocenters. The number of ether oxygens (including phenoxy) is 1. The predicted molar refractivity (Wildman–Crippen MR) is 76.2 cm³/mol. The molecule has 1 unspecified atom stereocenters. The lowest BCUT2D eigenvalue weighted by Crippen LogP contribution is -2.49. The van der Waals surface area contributed by atoms with Gasteiger partial charge in [0.25, 0.3) is 0 Å². The van der Waals surface area contributed by atoms with Crippen LogP contribution in [0.5, 0.6) is 0 Å². The van der Waals surface area contributed by atoms with Gasteiger partial charge in [0.1, 0.15) is 11.3 Å². The molecule has 4 heteroatoms. The van der Waals surface area contributed by atoms with Gasteiger partial charge in [-0.25, -0.2) is 0 Å². The summed E-state index contributed by atoms with van der Waals surface area (Å²) in [7, 11) is 1.39. The third-order valence-corrected chi connectivity index (χ3v) is 3.16. The Morgan fingerprint density at radius 2 is 1.90 bits per heavy atom. The van der Waals surface area contributed by atoms with Crippen LogP contribution in [0.2, 0.25) is 0 Å². The fourth-order valence-corrected chi connectivity index (χ4v) is 2.09. The molecule has 0 fully saturated rings. The number of methoxy groups -OCH3 is 1. The van der Waals surface area contributed by atoms with Crippen molar-refractivity contribution in [2.24, 2.45) is 0 Å². The summed E-state index contributed by atoms with van der Waals surface area (Å²) < 4.78 is 10.3. The second-order valence-corrected chi connectivity index (χ2v) is 5.12. The van der Waals surface area contributed by atoms with Crippen LogP contribution in [0.1, 0.15) is 31.2 Å². The normalized spacial score (nSPS) is 12.9. The summed E-state index contributed by atoms with van der Waals surface area (Å²) in [5, 5.41) is 3.29. The molecular weight excluding hydrogens is 254 g/mol. The van der Waals surface area contributed by atoms with Gasteiger partial charge in [-0.15, -0.1) is 0 Å². The maximum atomic E-state index is 11.9. The number of esters is 1. The van der Waals surface area contributed by atoms with Gasteiger partial charge < -0.3 is 9.15 Å². The highest BCUT2D eigenvalue weighted by molar-refractivity contribution is 5.79. The number of furan rings is 1. The molecule has 20 heavy (non-hydrogen) atoms. The van der Waals surface area contributed by atoms with Crippen LogP contribution >= 0.6 is 0 Å². The van der Waals surface area contributed by atoms with Crippen molar-refractivity contribution >= 4 is 5.97 Å². The highest BCUT2D eigenvalue weighted by Gasteiger charge is 2.33. The fourth-order valence-electron chi connectivity index (χ4n) is 2.09. The minimum absolute atomic E-state index is 0.208.